The fourth-order valence-corrected chi connectivity index (χ4v) is 1.70. The number of ether oxygens (including phenoxy) is 1. The highest BCUT2D eigenvalue weighted by Crippen LogP contribution is 2.08. The minimum atomic E-state index is -0.976. The van der Waals surface area contributed by atoms with E-state index in [1.54, 1.807) is 0 Å². The van der Waals surface area contributed by atoms with Crippen molar-refractivity contribution in [3.05, 3.63) is 0 Å². The van der Waals surface area contributed by atoms with Gasteiger partial charge in [0.15, 0.2) is 0 Å². The van der Waals surface area contributed by atoms with Gasteiger partial charge >= 0.3 is 11.9 Å². The predicted molar refractivity (Wildman–Crippen MR) is 75.5 cm³/mol. The highest BCUT2D eigenvalue weighted by molar-refractivity contribution is 5.88. The predicted octanol–water partition coefficient (Wildman–Crippen LogP) is 1.40. The van der Waals surface area contributed by atoms with Crippen LogP contribution >= 0.6 is 0 Å². The largest absolute Gasteiger partial charge is 0.392 e. The maximum atomic E-state index is 11.4. The molecule has 116 valence electrons. The zero-order valence-electron chi connectivity index (χ0n) is 12.2. The van der Waals surface area contributed by atoms with E-state index >= 15 is 0 Å². The van der Waals surface area contributed by atoms with Crippen molar-refractivity contribution in [2.75, 3.05) is 0 Å². The number of rotatable bonds is 11. The molecule has 0 saturated carbocycles. The number of nitrogens with two attached hydrogens (primary N) is 2. The second-order valence-corrected chi connectivity index (χ2v) is 4.92. The molecule has 0 aromatic heterocycles. The zero-order valence-corrected chi connectivity index (χ0v) is 12.2. The Labute approximate surface area is 120 Å². The summed E-state index contributed by atoms with van der Waals surface area (Å²) in [5.41, 5.74) is 10.4. The smallest absolute Gasteiger partial charge is 0.330 e. The first kappa shape index (κ1) is 18.6. The maximum Gasteiger partial charge on any atom is 0.330 e. The van der Waals surface area contributed by atoms with Gasteiger partial charge < -0.3 is 16.2 Å². The molecule has 0 aliphatic carbocycles. The van der Waals surface area contributed by atoms with Gasteiger partial charge in [-0.3, -0.25) is 9.59 Å². The average molecular weight is 286 g/mol. The summed E-state index contributed by atoms with van der Waals surface area (Å²) in [6.07, 6.45) is 6.64. The molecule has 0 spiro atoms. The molecule has 0 radical (unpaired) electrons. The van der Waals surface area contributed by atoms with Crippen molar-refractivity contribution in [1.29, 1.82) is 0 Å². The standard InChI is InChI=1S/C14H26N2O4/c1-2-3-4-5-6-7-8-13(18)20-14(19)11(15)9-10-12(16)17/h11H,2-10,15H2,1H3,(H2,16,17)/t11-/m0/s1. The van der Waals surface area contributed by atoms with E-state index in [0.717, 1.165) is 12.8 Å². The van der Waals surface area contributed by atoms with Crippen molar-refractivity contribution in [1.82, 2.24) is 0 Å². The van der Waals surface area contributed by atoms with Crippen molar-refractivity contribution in [2.24, 2.45) is 11.5 Å². The topological polar surface area (TPSA) is 112 Å². The third-order valence-corrected chi connectivity index (χ3v) is 2.95. The van der Waals surface area contributed by atoms with E-state index < -0.39 is 23.9 Å². The Balaban J connectivity index is 3.68. The number of hydrogen-bond donors (Lipinski definition) is 2. The van der Waals surface area contributed by atoms with Crippen LogP contribution in [0, 0.1) is 0 Å². The molecule has 4 N–H and O–H groups in total. The first-order valence-electron chi connectivity index (χ1n) is 7.25. The van der Waals surface area contributed by atoms with Gasteiger partial charge in [-0.1, -0.05) is 39.0 Å². The average Bonchev–Trinajstić information content (AvgIpc) is 2.39. The lowest BCUT2D eigenvalue weighted by Crippen LogP contribution is -2.34. The Morgan fingerprint density at radius 1 is 1.00 bits per heavy atom. The Bertz CT molecular complexity index is 318. The van der Waals surface area contributed by atoms with E-state index in [9.17, 15) is 14.4 Å². The normalized spacial score (nSPS) is 11.9. The van der Waals surface area contributed by atoms with Gasteiger partial charge in [0.25, 0.3) is 0 Å². The number of carbonyl (C=O) groups excluding carboxylic acids is 3. The summed E-state index contributed by atoms with van der Waals surface area (Å²) in [5, 5.41) is 0. The van der Waals surface area contributed by atoms with Crippen molar-refractivity contribution in [3.8, 4) is 0 Å². The first-order valence-corrected chi connectivity index (χ1v) is 7.25. The van der Waals surface area contributed by atoms with E-state index in [-0.39, 0.29) is 19.3 Å². The van der Waals surface area contributed by atoms with Crippen LogP contribution in [0.4, 0.5) is 0 Å². The molecule has 0 unspecified atom stereocenters. The molecular formula is C14H26N2O4. The fourth-order valence-electron chi connectivity index (χ4n) is 1.70. The van der Waals surface area contributed by atoms with Crippen LogP contribution in [0.5, 0.6) is 0 Å². The molecule has 6 nitrogen and oxygen atoms in total. The van der Waals surface area contributed by atoms with Crippen LogP contribution in [-0.2, 0) is 19.1 Å². The molecule has 6 heteroatoms. The molecule has 0 rings (SSSR count). The van der Waals surface area contributed by atoms with Gasteiger partial charge in [0, 0.05) is 12.8 Å². The monoisotopic (exact) mass is 286 g/mol. The van der Waals surface area contributed by atoms with Crippen LogP contribution in [0.3, 0.4) is 0 Å². The van der Waals surface area contributed by atoms with Gasteiger partial charge in [-0.05, 0) is 12.8 Å². The molecule has 0 bridgehead atoms. The Hall–Kier alpha value is -1.43. The summed E-state index contributed by atoms with van der Waals surface area (Å²) in [7, 11) is 0. The van der Waals surface area contributed by atoms with Crippen LogP contribution < -0.4 is 11.5 Å². The second kappa shape index (κ2) is 11.4. The maximum absolute atomic E-state index is 11.4. The van der Waals surface area contributed by atoms with E-state index in [1.807, 2.05) is 0 Å². The molecule has 0 aromatic carbocycles. The van der Waals surface area contributed by atoms with Gasteiger partial charge in [0.1, 0.15) is 6.04 Å². The van der Waals surface area contributed by atoms with E-state index in [1.165, 1.54) is 19.3 Å². The Kier molecular flexibility index (Phi) is 10.6. The molecular weight excluding hydrogens is 260 g/mol. The van der Waals surface area contributed by atoms with Gasteiger partial charge in [0.05, 0.1) is 0 Å². The minimum Gasteiger partial charge on any atom is -0.392 e. The van der Waals surface area contributed by atoms with Gasteiger partial charge in [-0.2, -0.15) is 0 Å². The molecule has 0 fully saturated rings. The molecule has 0 aliphatic heterocycles. The highest BCUT2D eigenvalue weighted by Gasteiger charge is 2.19. The van der Waals surface area contributed by atoms with E-state index in [0.29, 0.717) is 6.42 Å². The number of unbranched alkanes of at least 4 members (excludes halogenated alkanes) is 5. The van der Waals surface area contributed by atoms with Crippen molar-refractivity contribution >= 4 is 17.8 Å². The van der Waals surface area contributed by atoms with Gasteiger partial charge in [0.2, 0.25) is 5.91 Å². The third-order valence-electron chi connectivity index (χ3n) is 2.95. The van der Waals surface area contributed by atoms with Crippen LogP contribution in [0.25, 0.3) is 0 Å². The summed E-state index contributed by atoms with van der Waals surface area (Å²) < 4.78 is 4.62. The van der Waals surface area contributed by atoms with Crippen LogP contribution in [0.2, 0.25) is 0 Å². The van der Waals surface area contributed by atoms with Crippen LogP contribution in [0.1, 0.15) is 64.7 Å². The number of carbonyl (C=O) groups is 3. The molecule has 1 amide bonds. The molecule has 20 heavy (non-hydrogen) atoms. The molecule has 0 saturated heterocycles. The molecule has 0 heterocycles. The Morgan fingerprint density at radius 3 is 2.20 bits per heavy atom. The fraction of sp³-hybridized carbons (Fsp3) is 0.786. The third kappa shape index (κ3) is 10.5. The summed E-state index contributed by atoms with van der Waals surface area (Å²) in [5.74, 6) is -1.88. The lowest BCUT2D eigenvalue weighted by molar-refractivity contribution is -0.160. The number of amides is 1. The number of hydrogen-bond acceptors (Lipinski definition) is 5. The summed E-state index contributed by atoms with van der Waals surface area (Å²) in [6.45, 7) is 2.14. The van der Waals surface area contributed by atoms with Gasteiger partial charge in [-0.25, -0.2) is 4.79 Å². The summed E-state index contributed by atoms with van der Waals surface area (Å²) in [4.78, 5) is 33.4. The lowest BCUT2D eigenvalue weighted by atomic mass is 10.1. The highest BCUT2D eigenvalue weighted by atomic mass is 16.6. The quantitative estimate of drug-likeness (QED) is 0.338. The molecule has 1 atom stereocenters. The molecule has 0 aromatic rings. The Morgan fingerprint density at radius 2 is 1.60 bits per heavy atom. The van der Waals surface area contributed by atoms with Crippen molar-refractivity contribution in [2.45, 2.75) is 70.8 Å². The van der Waals surface area contributed by atoms with E-state index in [4.69, 9.17) is 11.5 Å². The summed E-state index contributed by atoms with van der Waals surface area (Å²) in [6, 6.07) is -0.976. The van der Waals surface area contributed by atoms with Gasteiger partial charge in [-0.15, -0.1) is 0 Å². The lowest BCUT2D eigenvalue weighted by Gasteiger charge is -2.09. The first-order chi connectivity index (χ1) is 9.47. The van der Waals surface area contributed by atoms with Crippen molar-refractivity contribution in [3.63, 3.8) is 0 Å². The second-order valence-electron chi connectivity index (χ2n) is 4.92. The minimum absolute atomic E-state index is 0.00187. The molecule has 0 aliphatic rings. The summed E-state index contributed by atoms with van der Waals surface area (Å²) >= 11 is 0. The SMILES string of the molecule is CCCCCCCCC(=O)OC(=O)[C@@H](N)CCC(N)=O. The number of esters is 2. The van der Waals surface area contributed by atoms with Crippen LogP contribution in [-0.4, -0.2) is 23.9 Å². The van der Waals surface area contributed by atoms with Crippen molar-refractivity contribution < 1.29 is 19.1 Å². The van der Waals surface area contributed by atoms with Crippen LogP contribution in [0.15, 0.2) is 0 Å². The number of primary amides is 1. The van der Waals surface area contributed by atoms with E-state index in [2.05, 4.69) is 11.7 Å². The zero-order chi connectivity index (χ0) is 15.4.